The first-order chi connectivity index (χ1) is 12.2. The van der Waals surface area contributed by atoms with Crippen LogP contribution < -0.4 is 4.90 Å². The summed E-state index contributed by atoms with van der Waals surface area (Å²) < 4.78 is 1.94. The van der Waals surface area contributed by atoms with Crippen molar-refractivity contribution in [1.82, 2.24) is 24.5 Å². The molecule has 1 aliphatic heterocycles. The van der Waals surface area contributed by atoms with Crippen LogP contribution >= 0.6 is 0 Å². The topological polar surface area (TPSA) is 59.7 Å². The maximum Gasteiger partial charge on any atom is 0.225 e. The molecular weight excluding hydrogens is 312 g/mol. The number of pyridine rings is 1. The highest BCUT2D eigenvalue weighted by atomic mass is 15.3. The largest absolute Gasteiger partial charge is 0.340 e. The highest BCUT2D eigenvalue weighted by Gasteiger charge is 2.24. The second-order valence-electron chi connectivity index (χ2n) is 6.63. The van der Waals surface area contributed by atoms with Crippen molar-refractivity contribution < 1.29 is 0 Å². The zero-order valence-corrected chi connectivity index (χ0v) is 14.6. The van der Waals surface area contributed by atoms with Crippen molar-refractivity contribution in [2.24, 2.45) is 0 Å². The molecule has 6 heteroatoms. The maximum absolute atomic E-state index is 4.86. The second-order valence-corrected chi connectivity index (χ2v) is 6.63. The Morgan fingerprint density at radius 2 is 1.92 bits per heavy atom. The molecule has 3 aromatic rings. The molecule has 0 amide bonds. The molecule has 25 heavy (non-hydrogen) atoms. The lowest BCUT2D eigenvalue weighted by Crippen LogP contribution is -2.36. The molecule has 0 aliphatic carbocycles. The Morgan fingerprint density at radius 3 is 2.68 bits per heavy atom. The van der Waals surface area contributed by atoms with E-state index in [1.165, 1.54) is 0 Å². The van der Waals surface area contributed by atoms with Crippen LogP contribution in [0.15, 0.2) is 43.0 Å². The van der Waals surface area contributed by atoms with Crippen LogP contribution in [0.1, 0.15) is 35.8 Å². The molecule has 0 spiro atoms. The molecule has 0 saturated carbocycles. The number of nitrogens with zero attached hydrogens (tertiary/aromatic N) is 6. The Balaban J connectivity index is 1.58. The van der Waals surface area contributed by atoms with Crippen LogP contribution in [0, 0.1) is 13.8 Å². The molecule has 1 saturated heterocycles. The van der Waals surface area contributed by atoms with Gasteiger partial charge in [0.25, 0.3) is 0 Å². The van der Waals surface area contributed by atoms with Gasteiger partial charge in [-0.3, -0.25) is 4.57 Å². The van der Waals surface area contributed by atoms with Crippen molar-refractivity contribution in [2.45, 2.75) is 32.6 Å². The van der Waals surface area contributed by atoms with E-state index in [9.17, 15) is 0 Å². The Morgan fingerprint density at radius 1 is 1.08 bits per heavy atom. The van der Waals surface area contributed by atoms with Crippen molar-refractivity contribution in [3.63, 3.8) is 0 Å². The third-order valence-electron chi connectivity index (χ3n) is 4.62. The summed E-state index contributed by atoms with van der Waals surface area (Å²) in [5.74, 6) is 2.14. The molecule has 0 N–H and O–H groups in total. The Bertz CT molecular complexity index is 838. The van der Waals surface area contributed by atoms with Crippen LogP contribution in [-0.2, 0) is 0 Å². The van der Waals surface area contributed by atoms with Gasteiger partial charge in [-0.15, -0.1) is 0 Å². The summed E-state index contributed by atoms with van der Waals surface area (Å²) in [5, 5.41) is 0. The number of hydrogen-bond acceptors (Lipinski definition) is 5. The van der Waals surface area contributed by atoms with Crippen molar-refractivity contribution in [1.29, 1.82) is 0 Å². The summed E-state index contributed by atoms with van der Waals surface area (Å²) >= 11 is 0. The number of hydrogen-bond donors (Lipinski definition) is 0. The van der Waals surface area contributed by atoms with E-state index in [1.54, 1.807) is 12.5 Å². The fourth-order valence-electron chi connectivity index (χ4n) is 3.45. The highest BCUT2D eigenvalue weighted by molar-refractivity contribution is 5.35. The van der Waals surface area contributed by atoms with Gasteiger partial charge in [-0.05, 0) is 44.9 Å². The van der Waals surface area contributed by atoms with Gasteiger partial charge in [0, 0.05) is 48.5 Å². The van der Waals surface area contributed by atoms with Gasteiger partial charge in [-0.1, -0.05) is 6.07 Å². The molecule has 4 rings (SSSR count). The molecule has 0 bridgehead atoms. The SMILES string of the molecule is Cc1cc(C)nc(N2CCCC(c3cccc(-n4ccnc4)n3)C2)n1. The summed E-state index contributed by atoms with van der Waals surface area (Å²) in [6, 6.07) is 8.22. The van der Waals surface area contributed by atoms with Crippen LogP contribution in [0.5, 0.6) is 0 Å². The lowest BCUT2D eigenvalue weighted by Gasteiger charge is -2.32. The lowest BCUT2D eigenvalue weighted by atomic mass is 9.94. The Kier molecular flexibility index (Phi) is 4.17. The smallest absolute Gasteiger partial charge is 0.225 e. The second kappa shape index (κ2) is 6.63. The molecule has 1 fully saturated rings. The van der Waals surface area contributed by atoms with E-state index in [1.807, 2.05) is 36.7 Å². The molecule has 4 heterocycles. The molecule has 6 nitrogen and oxygen atoms in total. The fraction of sp³-hybridized carbons (Fsp3) is 0.368. The first kappa shape index (κ1) is 15.7. The molecule has 1 aliphatic rings. The number of aryl methyl sites for hydroxylation is 2. The van der Waals surface area contributed by atoms with Crippen LogP contribution in [0.2, 0.25) is 0 Å². The predicted octanol–water partition coefficient (Wildman–Crippen LogP) is 3.06. The van der Waals surface area contributed by atoms with Gasteiger partial charge in [-0.2, -0.15) is 0 Å². The van der Waals surface area contributed by atoms with E-state index in [4.69, 9.17) is 4.98 Å². The molecule has 3 aromatic heterocycles. The predicted molar refractivity (Wildman–Crippen MR) is 97.1 cm³/mol. The Hall–Kier alpha value is -2.76. The number of piperidine rings is 1. The van der Waals surface area contributed by atoms with E-state index >= 15 is 0 Å². The molecule has 128 valence electrons. The highest BCUT2D eigenvalue weighted by Crippen LogP contribution is 2.28. The molecule has 0 radical (unpaired) electrons. The minimum atomic E-state index is 0.390. The minimum Gasteiger partial charge on any atom is -0.340 e. The average Bonchev–Trinajstić information content (AvgIpc) is 3.16. The summed E-state index contributed by atoms with van der Waals surface area (Å²) in [6.07, 6.45) is 7.74. The van der Waals surface area contributed by atoms with Gasteiger partial charge < -0.3 is 4.90 Å². The first-order valence-electron chi connectivity index (χ1n) is 8.71. The van der Waals surface area contributed by atoms with Crippen molar-refractivity contribution in [2.75, 3.05) is 18.0 Å². The molecular formula is C19H22N6. The monoisotopic (exact) mass is 334 g/mol. The van der Waals surface area contributed by atoms with Gasteiger partial charge in [0.05, 0.1) is 0 Å². The van der Waals surface area contributed by atoms with Crippen LogP contribution in [0.25, 0.3) is 5.82 Å². The van der Waals surface area contributed by atoms with Crippen LogP contribution in [-0.4, -0.2) is 37.6 Å². The summed E-state index contributed by atoms with van der Waals surface area (Å²) in [6.45, 7) is 5.95. The number of rotatable bonds is 3. The summed E-state index contributed by atoms with van der Waals surface area (Å²) in [7, 11) is 0. The molecule has 1 unspecified atom stereocenters. The van der Waals surface area contributed by atoms with Gasteiger partial charge in [-0.25, -0.2) is 19.9 Å². The van der Waals surface area contributed by atoms with Gasteiger partial charge in [0.15, 0.2) is 0 Å². The van der Waals surface area contributed by atoms with E-state index in [2.05, 4.69) is 32.0 Å². The average molecular weight is 334 g/mol. The Labute approximate surface area is 147 Å². The van der Waals surface area contributed by atoms with Crippen molar-refractivity contribution in [3.05, 3.63) is 60.1 Å². The quantitative estimate of drug-likeness (QED) is 0.737. The van der Waals surface area contributed by atoms with E-state index < -0.39 is 0 Å². The van der Waals surface area contributed by atoms with E-state index in [0.29, 0.717) is 5.92 Å². The number of aromatic nitrogens is 5. The fourth-order valence-corrected chi connectivity index (χ4v) is 3.45. The van der Waals surface area contributed by atoms with E-state index in [-0.39, 0.29) is 0 Å². The zero-order valence-electron chi connectivity index (χ0n) is 14.6. The summed E-state index contributed by atoms with van der Waals surface area (Å²) in [5.41, 5.74) is 3.16. The van der Waals surface area contributed by atoms with Crippen molar-refractivity contribution >= 4 is 5.95 Å². The van der Waals surface area contributed by atoms with Gasteiger partial charge in [0.2, 0.25) is 5.95 Å². The van der Waals surface area contributed by atoms with Gasteiger partial charge >= 0.3 is 0 Å². The molecule has 0 aromatic carbocycles. The maximum atomic E-state index is 4.86. The van der Waals surface area contributed by atoms with Crippen molar-refractivity contribution in [3.8, 4) is 5.82 Å². The third-order valence-corrected chi connectivity index (χ3v) is 4.62. The lowest BCUT2D eigenvalue weighted by molar-refractivity contribution is 0.494. The summed E-state index contributed by atoms with van der Waals surface area (Å²) in [4.78, 5) is 20.5. The normalized spacial score (nSPS) is 17.7. The number of imidazole rings is 1. The number of anilines is 1. The molecule has 1 atom stereocenters. The van der Waals surface area contributed by atoms with E-state index in [0.717, 1.165) is 54.8 Å². The van der Waals surface area contributed by atoms with Gasteiger partial charge in [0.1, 0.15) is 12.1 Å². The third kappa shape index (κ3) is 3.38. The zero-order chi connectivity index (χ0) is 17.2. The van der Waals surface area contributed by atoms with Crippen LogP contribution in [0.3, 0.4) is 0 Å². The standard InChI is InChI=1S/C19H22N6/c1-14-11-15(2)22-19(21-14)24-9-4-5-16(12-24)17-6-3-7-18(23-17)25-10-8-20-13-25/h3,6-8,10-11,13,16H,4-5,9,12H2,1-2H3. The minimum absolute atomic E-state index is 0.390. The first-order valence-corrected chi connectivity index (χ1v) is 8.71. The van der Waals surface area contributed by atoms with Crippen LogP contribution in [0.4, 0.5) is 5.95 Å².